The number of primary amides is 1. The van der Waals surface area contributed by atoms with Crippen LogP contribution in [0, 0.1) is 0 Å². The van der Waals surface area contributed by atoms with Gasteiger partial charge in [-0.15, -0.1) is 11.3 Å². The number of hydrogen-bond donors (Lipinski definition) is 3. The van der Waals surface area contributed by atoms with Gasteiger partial charge in [-0.3, -0.25) is 4.79 Å². The summed E-state index contributed by atoms with van der Waals surface area (Å²) in [5.41, 5.74) is 7.95. The summed E-state index contributed by atoms with van der Waals surface area (Å²) in [5.74, 6) is 0.387. The van der Waals surface area contributed by atoms with Gasteiger partial charge in [-0.05, 0) is 57.9 Å². The first-order chi connectivity index (χ1) is 13.1. The number of amides is 1. The molecule has 148 valence electrons. The molecule has 28 heavy (non-hydrogen) atoms. The first kappa shape index (κ1) is 19.2. The number of fused-ring (bicyclic) bond motifs is 2. The molecule has 0 radical (unpaired) electrons. The molecule has 1 aliphatic heterocycles. The predicted molar refractivity (Wildman–Crippen MR) is 116 cm³/mol. The number of thiazole rings is 1. The molecule has 0 saturated heterocycles. The van der Waals surface area contributed by atoms with Crippen LogP contribution >= 0.6 is 22.7 Å². The van der Waals surface area contributed by atoms with Gasteiger partial charge in [-0.2, -0.15) is 0 Å². The number of methoxy groups -OCH3 is 1. The van der Waals surface area contributed by atoms with Crippen LogP contribution in [0.1, 0.15) is 48.5 Å². The average Bonchev–Trinajstić information content (AvgIpc) is 3.13. The Morgan fingerprint density at radius 2 is 2.04 bits per heavy atom. The van der Waals surface area contributed by atoms with Gasteiger partial charge in [0.1, 0.15) is 10.8 Å². The Bertz CT molecular complexity index is 1080. The van der Waals surface area contributed by atoms with Crippen molar-refractivity contribution in [2.45, 2.75) is 45.2 Å². The highest BCUT2D eigenvalue weighted by Gasteiger charge is 2.41. The number of carbonyl (C=O) groups is 1. The Morgan fingerprint density at radius 3 is 2.71 bits per heavy atom. The molecular weight excluding hydrogens is 392 g/mol. The van der Waals surface area contributed by atoms with E-state index in [-0.39, 0.29) is 11.1 Å². The second kappa shape index (κ2) is 6.43. The third-order valence-electron chi connectivity index (χ3n) is 4.91. The summed E-state index contributed by atoms with van der Waals surface area (Å²) in [5, 5.41) is 8.52. The number of nitrogens with one attached hydrogen (secondary N) is 2. The minimum absolute atomic E-state index is 0.120. The zero-order valence-corrected chi connectivity index (χ0v) is 18.2. The smallest absolute Gasteiger partial charge is 0.251 e. The van der Waals surface area contributed by atoms with Gasteiger partial charge >= 0.3 is 0 Å². The SMILES string of the molecule is COc1ccc2nc(Nc3sc4c(c3C(N)=O)CC(C)(C)NC4(C)C)sc2c1. The Labute approximate surface area is 172 Å². The number of nitrogens with zero attached hydrogens (tertiary/aromatic N) is 1. The van der Waals surface area contributed by atoms with Crippen LogP contribution in [0.3, 0.4) is 0 Å². The molecule has 0 fully saturated rings. The molecule has 4 N–H and O–H groups in total. The summed E-state index contributed by atoms with van der Waals surface area (Å²) in [4.78, 5) is 18.1. The molecule has 0 spiro atoms. The van der Waals surface area contributed by atoms with E-state index in [2.05, 4.69) is 43.3 Å². The number of thiophene rings is 1. The van der Waals surface area contributed by atoms with E-state index in [4.69, 9.17) is 10.5 Å². The number of carbonyl (C=O) groups excluding carboxylic acids is 1. The Hall–Kier alpha value is -2.16. The third kappa shape index (κ3) is 3.25. The molecule has 0 unspecified atom stereocenters. The van der Waals surface area contributed by atoms with Crippen LogP contribution in [-0.2, 0) is 12.0 Å². The second-order valence-electron chi connectivity index (χ2n) is 8.27. The molecule has 2 aromatic heterocycles. The van der Waals surface area contributed by atoms with Gasteiger partial charge in [0.05, 0.1) is 22.9 Å². The van der Waals surface area contributed by atoms with Crippen molar-refractivity contribution in [1.82, 2.24) is 10.3 Å². The Kier molecular flexibility index (Phi) is 4.41. The van der Waals surface area contributed by atoms with Crippen molar-refractivity contribution in [1.29, 1.82) is 0 Å². The topological polar surface area (TPSA) is 89.3 Å². The molecule has 6 nitrogen and oxygen atoms in total. The van der Waals surface area contributed by atoms with E-state index >= 15 is 0 Å². The van der Waals surface area contributed by atoms with E-state index in [0.717, 1.165) is 43.0 Å². The average molecular weight is 417 g/mol. The first-order valence-electron chi connectivity index (χ1n) is 9.06. The molecule has 3 heterocycles. The lowest BCUT2D eigenvalue weighted by Crippen LogP contribution is -2.55. The van der Waals surface area contributed by atoms with Crippen LogP contribution in [0.4, 0.5) is 10.1 Å². The first-order valence-corrected chi connectivity index (χ1v) is 10.7. The van der Waals surface area contributed by atoms with Crippen LogP contribution in [0.2, 0.25) is 0 Å². The lowest BCUT2D eigenvalue weighted by Gasteiger charge is -2.42. The van der Waals surface area contributed by atoms with Crippen molar-refractivity contribution < 1.29 is 9.53 Å². The van der Waals surface area contributed by atoms with Crippen molar-refractivity contribution in [2.75, 3.05) is 12.4 Å². The number of ether oxygens (including phenoxy) is 1. The molecular formula is C20H24N4O2S2. The highest BCUT2D eigenvalue weighted by atomic mass is 32.1. The van der Waals surface area contributed by atoms with Gasteiger partial charge in [0.25, 0.3) is 5.91 Å². The van der Waals surface area contributed by atoms with Crippen LogP contribution in [-0.4, -0.2) is 23.5 Å². The quantitative estimate of drug-likeness (QED) is 0.588. The molecule has 8 heteroatoms. The summed E-state index contributed by atoms with van der Waals surface area (Å²) in [6.45, 7) is 8.58. The van der Waals surface area contributed by atoms with Crippen LogP contribution in [0.15, 0.2) is 18.2 Å². The van der Waals surface area contributed by atoms with Gasteiger partial charge in [-0.1, -0.05) is 11.3 Å². The summed E-state index contributed by atoms with van der Waals surface area (Å²) >= 11 is 3.10. The lowest BCUT2D eigenvalue weighted by atomic mass is 9.81. The van der Waals surface area contributed by atoms with Crippen molar-refractivity contribution >= 4 is 48.9 Å². The standard InChI is InChI=1S/C20H24N4O2S2/c1-19(2)9-11-14(16(21)25)17(28-15(11)20(3,4)24-19)23-18-22-12-7-6-10(26-5)8-13(12)27-18/h6-8,24H,9H2,1-5H3,(H2,21,25)(H,22,23). The summed E-state index contributed by atoms with van der Waals surface area (Å²) in [6, 6.07) is 5.78. The molecule has 0 saturated carbocycles. The monoisotopic (exact) mass is 416 g/mol. The number of rotatable bonds is 4. The minimum Gasteiger partial charge on any atom is -0.497 e. The summed E-state index contributed by atoms with van der Waals surface area (Å²) in [7, 11) is 1.65. The van der Waals surface area contributed by atoms with Crippen molar-refractivity contribution in [3.05, 3.63) is 34.2 Å². The summed E-state index contributed by atoms with van der Waals surface area (Å²) in [6.07, 6.45) is 0.749. The largest absolute Gasteiger partial charge is 0.497 e. The van der Waals surface area contributed by atoms with E-state index in [1.165, 1.54) is 11.3 Å². The Morgan fingerprint density at radius 1 is 1.29 bits per heavy atom. The molecule has 1 aliphatic rings. The molecule has 4 rings (SSSR count). The predicted octanol–water partition coefficient (Wildman–Crippen LogP) is 4.37. The molecule has 3 aromatic rings. The number of anilines is 2. The highest BCUT2D eigenvalue weighted by molar-refractivity contribution is 7.23. The molecule has 0 aliphatic carbocycles. The van der Waals surface area contributed by atoms with Crippen LogP contribution < -0.4 is 21.1 Å². The maximum absolute atomic E-state index is 12.4. The van der Waals surface area contributed by atoms with Gasteiger partial charge in [-0.25, -0.2) is 4.98 Å². The molecule has 0 bridgehead atoms. The van der Waals surface area contributed by atoms with E-state index < -0.39 is 5.91 Å². The third-order valence-corrected chi connectivity index (χ3v) is 7.31. The molecule has 1 aromatic carbocycles. The highest BCUT2D eigenvalue weighted by Crippen LogP contribution is 2.46. The second-order valence-corrected chi connectivity index (χ2v) is 10.3. The van der Waals surface area contributed by atoms with E-state index in [1.54, 1.807) is 18.4 Å². The fraction of sp³-hybridized carbons (Fsp3) is 0.400. The van der Waals surface area contributed by atoms with E-state index in [0.29, 0.717) is 5.56 Å². The maximum Gasteiger partial charge on any atom is 0.251 e. The maximum atomic E-state index is 12.4. The molecule has 1 amide bonds. The zero-order chi connectivity index (χ0) is 20.3. The van der Waals surface area contributed by atoms with Crippen LogP contribution in [0.5, 0.6) is 5.75 Å². The van der Waals surface area contributed by atoms with Gasteiger partial charge < -0.3 is 21.1 Å². The zero-order valence-electron chi connectivity index (χ0n) is 16.6. The Balaban J connectivity index is 1.79. The van der Waals surface area contributed by atoms with Crippen molar-refractivity contribution in [3.63, 3.8) is 0 Å². The van der Waals surface area contributed by atoms with Crippen LogP contribution in [0.25, 0.3) is 10.2 Å². The van der Waals surface area contributed by atoms with Gasteiger partial charge in [0.15, 0.2) is 5.13 Å². The van der Waals surface area contributed by atoms with E-state index in [9.17, 15) is 4.79 Å². The van der Waals surface area contributed by atoms with E-state index in [1.807, 2.05) is 18.2 Å². The number of aromatic nitrogens is 1. The summed E-state index contributed by atoms with van der Waals surface area (Å²) < 4.78 is 6.31. The number of hydrogen-bond acceptors (Lipinski definition) is 7. The normalized spacial score (nSPS) is 17.3. The lowest BCUT2D eigenvalue weighted by molar-refractivity contribution is 0.0999. The number of nitrogens with two attached hydrogens (primary N) is 1. The minimum atomic E-state index is -0.406. The van der Waals surface area contributed by atoms with Crippen molar-refractivity contribution in [2.24, 2.45) is 5.73 Å². The molecule has 0 atom stereocenters. The van der Waals surface area contributed by atoms with Gasteiger partial charge in [0.2, 0.25) is 0 Å². The van der Waals surface area contributed by atoms with Gasteiger partial charge in [0, 0.05) is 16.0 Å². The van der Waals surface area contributed by atoms with Crippen molar-refractivity contribution in [3.8, 4) is 5.75 Å². The number of benzene rings is 1. The fourth-order valence-electron chi connectivity index (χ4n) is 4.06. The fourth-order valence-corrected chi connectivity index (χ4v) is 6.30.